The molecule has 0 atom stereocenters. The number of hydrogen-bond acceptors (Lipinski definition) is 11. The van der Waals surface area contributed by atoms with Crippen LogP contribution in [0.1, 0.15) is 58.8 Å². The molecular weight excluding hydrogens is 548 g/mol. The molecule has 0 aliphatic carbocycles. The van der Waals surface area contributed by atoms with Gasteiger partial charge in [0.1, 0.15) is 0 Å². The maximum absolute atomic E-state index is 5.53. The Balaban J connectivity index is 3.02. The van der Waals surface area contributed by atoms with Crippen molar-refractivity contribution < 1.29 is 52.1 Å². The van der Waals surface area contributed by atoms with E-state index >= 15 is 0 Å². The van der Waals surface area contributed by atoms with E-state index in [0.29, 0.717) is 132 Å². The van der Waals surface area contributed by atoms with Crippen molar-refractivity contribution in [3.63, 3.8) is 0 Å². The first kappa shape index (κ1) is 41.6. The van der Waals surface area contributed by atoms with Crippen LogP contribution >= 0.6 is 0 Å². The molecule has 42 heavy (non-hydrogen) atoms. The third-order valence-electron chi connectivity index (χ3n) is 5.75. The van der Waals surface area contributed by atoms with E-state index < -0.39 is 0 Å². The summed E-state index contributed by atoms with van der Waals surface area (Å²) in [6, 6.07) is 0. The number of ether oxygens (including phenoxy) is 11. The average molecular weight is 613 g/mol. The molecule has 0 heterocycles. The normalized spacial score (nSPS) is 11.6. The lowest BCUT2D eigenvalue weighted by atomic mass is 10.2. The fourth-order valence-corrected chi connectivity index (χ4v) is 3.39. The van der Waals surface area contributed by atoms with Crippen molar-refractivity contribution in [2.75, 3.05) is 145 Å². The van der Waals surface area contributed by atoms with E-state index in [1.807, 2.05) is 0 Å². The van der Waals surface area contributed by atoms with E-state index in [4.69, 9.17) is 52.1 Å². The number of hydrogen-bond donors (Lipinski definition) is 0. The van der Waals surface area contributed by atoms with Gasteiger partial charge < -0.3 is 52.1 Å². The molecule has 0 N–H and O–H groups in total. The Morgan fingerprint density at radius 2 is 0.357 bits per heavy atom. The lowest BCUT2D eigenvalue weighted by molar-refractivity contribution is -0.0275. The first-order valence-electron chi connectivity index (χ1n) is 16.3. The zero-order valence-electron chi connectivity index (χ0n) is 27.0. The lowest BCUT2D eigenvalue weighted by Gasteiger charge is -2.09. The minimum atomic E-state index is 0.528. The first-order chi connectivity index (χ1) is 20.9. The Bertz CT molecular complexity index is 421. The SMILES string of the molecule is CCCCCCOCCOCCOCCOCCOCCOCCOCCOCCOCCOCCOCCCCC. The summed E-state index contributed by atoms with van der Waals surface area (Å²) in [5.41, 5.74) is 0. The second kappa shape index (κ2) is 40.6. The van der Waals surface area contributed by atoms with Gasteiger partial charge in [-0.1, -0.05) is 46.0 Å². The molecule has 11 nitrogen and oxygen atoms in total. The largest absolute Gasteiger partial charge is 0.379 e. The molecule has 0 rings (SSSR count). The molecule has 0 aliphatic rings. The predicted octanol–water partition coefficient (Wildman–Crippen LogP) is 3.94. The number of rotatable bonds is 39. The van der Waals surface area contributed by atoms with Crippen LogP contribution in [-0.4, -0.2) is 145 Å². The molecule has 0 spiro atoms. The highest BCUT2D eigenvalue weighted by Gasteiger charge is 1.96. The second-order valence-electron chi connectivity index (χ2n) is 9.50. The van der Waals surface area contributed by atoms with Crippen LogP contribution in [0.15, 0.2) is 0 Å². The van der Waals surface area contributed by atoms with E-state index in [1.54, 1.807) is 0 Å². The van der Waals surface area contributed by atoms with Crippen LogP contribution in [0.5, 0.6) is 0 Å². The van der Waals surface area contributed by atoms with Crippen LogP contribution in [0.2, 0.25) is 0 Å². The molecule has 0 amide bonds. The molecule has 0 radical (unpaired) electrons. The fourth-order valence-electron chi connectivity index (χ4n) is 3.39. The zero-order chi connectivity index (χ0) is 30.3. The van der Waals surface area contributed by atoms with Crippen molar-refractivity contribution >= 4 is 0 Å². The highest BCUT2D eigenvalue weighted by atomic mass is 16.6. The van der Waals surface area contributed by atoms with Gasteiger partial charge in [0.05, 0.1) is 132 Å². The van der Waals surface area contributed by atoms with Crippen LogP contribution in [0.4, 0.5) is 0 Å². The Morgan fingerprint density at radius 1 is 0.190 bits per heavy atom. The molecule has 0 saturated carbocycles. The Hall–Kier alpha value is -0.440. The van der Waals surface area contributed by atoms with Gasteiger partial charge in [-0.2, -0.15) is 0 Å². The van der Waals surface area contributed by atoms with Crippen molar-refractivity contribution in [2.24, 2.45) is 0 Å². The average Bonchev–Trinajstić information content (AvgIpc) is 3.00. The third-order valence-corrected chi connectivity index (χ3v) is 5.75. The van der Waals surface area contributed by atoms with Crippen molar-refractivity contribution in [3.8, 4) is 0 Å². The van der Waals surface area contributed by atoms with E-state index in [2.05, 4.69) is 13.8 Å². The van der Waals surface area contributed by atoms with Crippen LogP contribution in [0.25, 0.3) is 0 Å². The van der Waals surface area contributed by atoms with Crippen LogP contribution < -0.4 is 0 Å². The monoisotopic (exact) mass is 612 g/mol. The molecule has 0 bridgehead atoms. The highest BCUT2D eigenvalue weighted by molar-refractivity contribution is 4.41. The quantitative estimate of drug-likeness (QED) is 0.0944. The predicted molar refractivity (Wildman–Crippen MR) is 163 cm³/mol. The summed E-state index contributed by atoms with van der Waals surface area (Å²) in [6.07, 6.45) is 8.46. The summed E-state index contributed by atoms with van der Waals surface area (Å²) in [4.78, 5) is 0. The first-order valence-corrected chi connectivity index (χ1v) is 16.3. The number of unbranched alkanes of at least 4 members (excludes halogenated alkanes) is 5. The molecule has 0 aliphatic heterocycles. The maximum Gasteiger partial charge on any atom is 0.0701 e. The Kier molecular flexibility index (Phi) is 40.1. The van der Waals surface area contributed by atoms with Crippen molar-refractivity contribution in [2.45, 2.75) is 58.8 Å². The van der Waals surface area contributed by atoms with Crippen molar-refractivity contribution in [1.82, 2.24) is 0 Å². The highest BCUT2D eigenvalue weighted by Crippen LogP contribution is 1.98. The van der Waals surface area contributed by atoms with Gasteiger partial charge in [-0.3, -0.25) is 0 Å². The molecule has 254 valence electrons. The van der Waals surface area contributed by atoms with Crippen LogP contribution in [-0.2, 0) is 52.1 Å². The lowest BCUT2D eigenvalue weighted by Crippen LogP contribution is -2.15. The molecular formula is C31H64O11. The van der Waals surface area contributed by atoms with Crippen LogP contribution in [0.3, 0.4) is 0 Å². The summed E-state index contributed by atoms with van der Waals surface area (Å²) in [5.74, 6) is 0. The molecule has 11 heteroatoms. The summed E-state index contributed by atoms with van der Waals surface area (Å²) >= 11 is 0. The molecule has 0 fully saturated rings. The van der Waals surface area contributed by atoms with Gasteiger partial charge in [0, 0.05) is 13.2 Å². The van der Waals surface area contributed by atoms with Gasteiger partial charge in [-0.05, 0) is 12.8 Å². The van der Waals surface area contributed by atoms with Crippen molar-refractivity contribution in [3.05, 3.63) is 0 Å². The van der Waals surface area contributed by atoms with E-state index in [0.717, 1.165) is 26.1 Å². The zero-order valence-corrected chi connectivity index (χ0v) is 27.0. The van der Waals surface area contributed by atoms with Gasteiger partial charge in [-0.25, -0.2) is 0 Å². The van der Waals surface area contributed by atoms with Crippen LogP contribution in [0, 0.1) is 0 Å². The summed E-state index contributed by atoms with van der Waals surface area (Å²) in [5, 5.41) is 0. The van der Waals surface area contributed by atoms with Crippen molar-refractivity contribution in [1.29, 1.82) is 0 Å². The standard InChI is InChI=1S/C31H64O11/c1-3-5-7-9-11-33-13-15-35-17-19-37-21-23-39-25-27-41-29-31-42-30-28-40-26-24-38-22-20-36-18-16-34-14-12-32-10-8-6-4-2/h3-31H2,1-2H3. The van der Waals surface area contributed by atoms with Gasteiger partial charge in [0.25, 0.3) is 0 Å². The summed E-state index contributed by atoms with van der Waals surface area (Å²) in [6.45, 7) is 17.2. The molecule has 0 aromatic heterocycles. The fraction of sp³-hybridized carbons (Fsp3) is 1.00. The van der Waals surface area contributed by atoms with E-state index in [-0.39, 0.29) is 0 Å². The van der Waals surface area contributed by atoms with Gasteiger partial charge in [-0.15, -0.1) is 0 Å². The Morgan fingerprint density at radius 3 is 0.571 bits per heavy atom. The molecule has 0 saturated heterocycles. The molecule has 0 unspecified atom stereocenters. The van der Waals surface area contributed by atoms with Gasteiger partial charge in [0.15, 0.2) is 0 Å². The Labute approximate surface area is 256 Å². The third kappa shape index (κ3) is 39.6. The molecule has 0 aromatic carbocycles. The minimum absolute atomic E-state index is 0.528. The van der Waals surface area contributed by atoms with Gasteiger partial charge in [0.2, 0.25) is 0 Å². The topological polar surface area (TPSA) is 102 Å². The smallest absolute Gasteiger partial charge is 0.0701 e. The molecule has 0 aromatic rings. The summed E-state index contributed by atoms with van der Waals surface area (Å²) < 4.78 is 60.3. The maximum atomic E-state index is 5.53. The minimum Gasteiger partial charge on any atom is -0.379 e. The van der Waals surface area contributed by atoms with E-state index in [1.165, 1.54) is 32.1 Å². The van der Waals surface area contributed by atoms with Gasteiger partial charge >= 0.3 is 0 Å². The summed E-state index contributed by atoms with van der Waals surface area (Å²) in [7, 11) is 0. The second-order valence-corrected chi connectivity index (χ2v) is 9.50. The van der Waals surface area contributed by atoms with E-state index in [9.17, 15) is 0 Å².